The Kier molecular flexibility index (Phi) is 5.01. The highest BCUT2D eigenvalue weighted by Crippen LogP contribution is 2.33. The molecule has 0 saturated heterocycles. The molecule has 2 aromatic rings. The first-order chi connectivity index (χ1) is 11.5. The average Bonchev–Trinajstić information content (AvgIpc) is 2.93. The van der Waals surface area contributed by atoms with Crippen LogP contribution in [0.4, 0.5) is 0 Å². The fourth-order valence-corrected chi connectivity index (χ4v) is 4.62. The molecular formula is C17H23N3O3S. The summed E-state index contributed by atoms with van der Waals surface area (Å²) in [6.45, 7) is 5.92. The van der Waals surface area contributed by atoms with Gasteiger partial charge in [0.15, 0.2) is 0 Å². The van der Waals surface area contributed by atoms with E-state index in [9.17, 15) is 14.7 Å². The third-order valence-electron chi connectivity index (χ3n) is 4.71. The standard InChI is InChI=1S/C17H23N3O3S/c1-3-19(4-2)9-13-18-16-15(17(23)20(13)10-14(21)22)11-7-5-6-8-12(11)24-16/h3-10H2,1-2H3,(H,21,22). The second-order valence-electron chi connectivity index (χ2n) is 6.17. The number of nitrogens with zero attached hydrogens (tertiary/aromatic N) is 3. The van der Waals surface area contributed by atoms with Crippen LogP contribution in [-0.4, -0.2) is 38.6 Å². The summed E-state index contributed by atoms with van der Waals surface area (Å²) in [6.07, 6.45) is 4.13. The van der Waals surface area contributed by atoms with Gasteiger partial charge in [0.05, 0.1) is 11.9 Å². The zero-order valence-electron chi connectivity index (χ0n) is 14.2. The molecule has 0 spiro atoms. The molecule has 0 aromatic carbocycles. The number of carbonyl (C=O) groups is 1. The minimum Gasteiger partial charge on any atom is -0.480 e. The first-order valence-corrected chi connectivity index (χ1v) is 9.34. The monoisotopic (exact) mass is 349 g/mol. The van der Waals surface area contributed by atoms with Crippen molar-refractivity contribution in [1.29, 1.82) is 0 Å². The molecule has 1 aliphatic rings. The fourth-order valence-electron chi connectivity index (χ4n) is 3.35. The SMILES string of the molecule is CCN(CC)Cc1nc2sc3c(c2c(=O)n1CC(=O)O)CCCC3. The number of hydrogen-bond acceptors (Lipinski definition) is 5. The highest BCUT2D eigenvalue weighted by Gasteiger charge is 2.23. The van der Waals surface area contributed by atoms with Crippen LogP contribution in [0.3, 0.4) is 0 Å². The molecule has 130 valence electrons. The number of hydrogen-bond donors (Lipinski definition) is 1. The normalized spacial score (nSPS) is 14.3. The number of fused-ring (bicyclic) bond motifs is 3. The molecule has 0 bridgehead atoms. The van der Waals surface area contributed by atoms with Crippen molar-refractivity contribution in [3.05, 3.63) is 26.6 Å². The Labute approximate surface area is 144 Å². The number of aryl methyl sites for hydroxylation is 2. The Morgan fingerprint density at radius 3 is 2.67 bits per heavy atom. The number of rotatable bonds is 6. The largest absolute Gasteiger partial charge is 0.480 e. The van der Waals surface area contributed by atoms with Gasteiger partial charge in [-0.1, -0.05) is 13.8 Å². The Morgan fingerprint density at radius 2 is 2.00 bits per heavy atom. The summed E-state index contributed by atoms with van der Waals surface area (Å²) in [5, 5.41) is 9.88. The van der Waals surface area contributed by atoms with Crippen molar-refractivity contribution < 1.29 is 9.90 Å². The maximum absolute atomic E-state index is 13.0. The van der Waals surface area contributed by atoms with Crippen molar-refractivity contribution in [2.24, 2.45) is 0 Å². The predicted molar refractivity (Wildman–Crippen MR) is 94.8 cm³/mol. The van der Waals surface area contributed by atoms with Crippen molar-refractivity contribution in [2.45, 2.75) is 52.6 Å². The number of thiophene rings is 1. The second-order valence-corrected chi connectivity index (χ2v) is 7.25. The minimum absolute atomic E-state index is 0.191. The lowest BCUT2D eigenvalue weighted by Gasteiger charge is -2.20. The van der Waals surface area contributed by atoms with E-state index in [1.54, 1.807) is 11.3 Å². The van der Waals surface area contributed by atoms with Crippen molar-refractivity contribution in [3.63, 3.8) is 0 Å². The van der Waals surface area contributed by atoms with E-state index in [-0.39, 0.29) is 12.1 Å². The molecule has 0 unspecified atom stereocenters. The van der Waals surface area contributed by atoms with Gasteiger partial charge in [-0.15, -0.1) is 11.3 Å². The summed E-state index contributed by atoms with van der Waals surface area (Å²) in [5.74, 6) is -0.458. The molecule has 0 aliphatic heterocycles. The van der Waals surface area contributed by atoms with E-state index < -0.39 is 5.97 Å². The quantitative estimate of drug-likeness (QED) is 0.866. The molecule has 0 saturated carbocycles. The topological polar surface area (TPSA) is 75.4 Å². The molecule has 24 heavy (non-hydrogen) atoms. The molecular weight excluding hydrogens is 326 g/mol. The van der Waals surface area contributed by atoms with E-state index in [0.717, 1.165) is 49.2 Å². The predicted octanol–water partition coefficient (Wildman–Crippen LogP) is 2.26. The Hall–Kier alpha value is -1.73. The van der Waals surface area contributed by atoms with E-state index >= 15 is 0 Å². The molecule has 6 nitrogen and oxygen atoms in total. The molecule has 1 N–H and O–H groups in total. The maximum Gasteiger partial charge on any atom is 0.323 e. The molecule has 3 rings (SSSR count). The maximum atomic E-state index is 13.0. The minimum atomic E-state index is -1.01. The molecule has 0 fully saturated rings. The zero-order valence-corrected chi connectivity index (χ0v) is 15.0. The summed E-state index contributed by atoms with van der Waals surface area (Å²) in [4.78, 5) is 33.2. The smallest absolute Gasteiger partial charge is 0.323 e. The summed E-state index contributed by atoms with van der Waals surface area (Å²) < 4.78 is 1.35. The van der Waals surface area contributed by atoms with E-state index in [0.29, 0.717) is 17.8 Å². The first kappa shape index (κ1) is 17.1. The highest BCUT2D eigenvalue weighted by molar-refractivity contribution is 7.18. The van der Waals surface area contributed by atoms with Crippen molar-refractivity contribution in [3.8, 4) is 0 Å². The number of aliphatic carboxylic acids is 1. The van der Waals surface area contributed by atoms with Crippen LogP contribution in [0, 0.1) is 0 Å². The molecule has 0 atom stereocenters. The van der Waals surface area contributed by atoms with Crippen LogP contribution >= 0.6 is 11.3 Å². The molecule has 0 amide bonds. The molecule has 0 radical (unpaired) electrons. The van der Waals surface area contributed by atoms with Gasteiger partial charge in [0.25, 0.3) is 5.56 Å². The highest BCUT2D eigenvalue weighted by atomic mass is 32.1. The van der Waals surface area contributed by atoms with Gasteiger partial charge in [0, 0.05) is 4.88 Å². The van der Waals surface area contributed by atoms with E-state index in [4.69, 9.17) is 4.98 Å². The van der Waals surface area contributed by atoms with Gasteiger partial charge in [-0.25, -0.2) is 4.98 Å². The Balaban J connectivity index is 2.18. The van der Waals surface area contributed by atoms with Crippen LogP contribution in [0.1, 0.15) is 43.0 Å². The average molecular weight is 349 g/mol. The van der Waals surface area contributed by atoms with Crippen LogP contribution in [0.5, 0.6) is 0 Å². The number of carboxylic acid groups (broad SMARTS) is 1. The molecule has 2 aromatic heterocycles. The van der Waals surface area contributed by atoms with Gasteiger partial charge in [0.1, 0.15) is 17.2 Å². The van der Waals surface area contributed by atoms with Gasteiger partial charge in [-0.05, 0) is 44.3 Å². The summed E-state index contributed by atoms with van der Waals surface area (Å²) >= 11 is 1.61. The van der Waals surface area contributed by atoms with E-state index in [1.807, 2.05) is 13.8 Å². The van der Waals surface area contributed by atoms with Crippen LogP contribution in [0.2, 0.25) is 0 Å². The Bertz CT molecular complexity index is 821. The molecule has 2 heterocycles. The lowest BCUT2D eigenvalue weighted by Crippen LogP contribution is -2.33. The van der Waals surface area contributed by atoms with Crippen LogP contribution < -0.4 is 5.56 Å². The lowest BCUT2D eigenvalue weighted by atomic mass is 9.97. The van der Waals surface area contributed by atoms with E-state index in [2.05, 4.69) is 4.90 Å². The number of aromatic nitrogens is 2. The Morgan fingerprint density at radius 1 is 1.29 bits per heavy atom. The van der Waals surface area contributed by atoms with Gasteiger partial charge in [0.2, 0.25) is 0 Å². The summed E-state index contributed by atoms with van der Waals surface area (Å²) in [7, 11) is 0. The summed E-state index contributed by atoms with van der Waals surface area (Å²) in [5.41, 5.74) is 0.913. The van der Waals surface area contributed by atoms with Crippen molar-refractivity contribution in [1.82, 2.24) is 14.5 Å². The first-order valence-electron chi connectivity index (χ1n) is 8.53. The van der Waals surface area contributed by atoms with Crippen LogP contribution in [-0.2, 0) is 30.7 Å². The van der Waals surface area contributed by atoms with Gasteiger partial charge < -0.3 is 5.11 Å². The molecule has 7 heteroatoms. The fraction of sp³-hybridized carbons (Fsp3) is 0.588. The van der Waals surface area contributed by atoms with Crippen LogP contribution in [0.15, 0.2) is 4.79 Å². The van der Waals surface area contributed by atoms with Gasteiger partial charge >= 0.3 is 5.97 Å². The van der Waals surface area contributed by atoms with Crippen molar-refractivity contribution >= 4 is 27.5 Å². The van der Waals surface area contributed by atoms with Crippen molar-refractivity contribution in [2.75, 3.05) is 13.1 Å². The van der Waals surface area contributed by atoms with Crippen LogP contribution in [0.25, 0.3) is 10.2 Å². The lowest BCUT2D eigenvalue weighted by molar-refractivity contribution is -0.137. The zero-order chi connectivity index (χ0) is 17.3. The van der Waals surface area contributed by atoms with Gasteiger partial charge in [-0.2, -0.15) is 0 Å². The third kappa shape index (κ3) is 3.10. The van der Waals surface area contributed by atoms with E-state index in [1.165, 1.54) is 9.44 Å². The summed E-state index contributed by atoms with van der Waals surface area (Å²) in [6, 6.07) is 0. The molecule has 1 aliphatic carbocycles. The van der Waals surface area contributed by atoms with Gasteiger partial charge in [-0.3, -0.25) is 19.1 Å². The number of carboxylic acids is 1. The second kappa shape index (κ2) is 7.03. The third-order valence-corrected chi connectivity index (χ3v) is 5.89.